The summed E-state index contributed by atoms with van der Waals surface area (Å²) in [6, 6.07) is 6.22. The van der Waals surface area contributed by atoms with E-state index in [2.05, 4.69) is 140 Å². The highest BCUT2D eigenvalue weighted by atomic mass is 28.4. The molecule has 0 N–H and O–H groups in total. The van der Waals surface area contributed by atoms with Crippen molar-refractivity contribution in [1.29, 1.82) is 0 Å². The van der Waals surface area contributed by atoms with Crippen LogP contribution in [0.5, 0.6) is 11.5 Å². The van der Waals surface area contributed by atoms with Crippen molar-refractivity contribution in [3.05, 3.63) is 58.7 Å². The second-order valence-electron chi connectivity index (χ2n) is 18.1. The molecule has 8 heteroatoms. The fourth-order valence-corrected chi connectivity index (χ4v) is 7.20. The Morgan fingerprint density at radius 1 is 0.688 bits per heavy atom. The molecule has 0 saturated heterocycles. The highest BCUT2D eigenvalue weighted by Crippen LogP contribution is 2.41. The third-order valence-corrected chi connectivity index (χ3v) is 24.0. The van der Waals surface area contributed by atoms with Gasteiger partial charge in [-0.3, -0.25) is 0 Å². The van der Waals surface area contributed by atoms with Gasteiger partial charge in [-0.05, 0) is 119 Å². The van der Waals surface area contributed by atoms with Gasteiger partial charge in [-0.15, -0.1) is 0 Å². The minimum Gasteiger partial charge on any atom is -0.543 e. The molecule has 0 aromatic heterocycles. The summed E-state index contributed by atoms with van der Waals surface area (Å²) >= 11 is 0. The van der Waals surface area contributed by atoms with Crippen molar-refractivity contribution in [3.8, 4) is 11.5 Å². The number of carbonyl (C=O) groups excluding carboxylic acids is 1. The first-order valence-electron chi connectivity index (χ1n) is 17.9. The molecule has 0 fully saturated rings. The van der Waals surface area contributed by atoms with Crippen LogP contribution in [-0.4, -0.2) is 44.6 Å². The zero-order valence-corrected chi connectivity index (χ0v) is 37.2. The maximum atomic E-state index is 12.9. The first-order chi connectivity index (χ1) is 21.6. The van der Waals surface area contributed by atoms with Crippen molar-refractivity contribution in [2.45, 2.75) is 163 Å². The quantitative estimate of drug-likeness (QED) is 0.0738. The predicted octanol–water partition coefficient (Wildman–Crippen LogP) is 12.6. The van der Waals surface area contributed by atoms with E-state index in [4.69, 9.17) is 18.0 Å². The van der Waals surface area contributed by atoms with Crippen LogP contribution in [0.4, 0.5) is 0 Å². The summed E-state index contributed by atoms with van der Waals surface area (Å²) in [6.45, 7) is 39.0. The van der Waals surface area contributed by atoms with Gasteiger partial charge in [-0.2, -0.15) is 0 Å². The van der Waals surface area contributed by atoms with Crippen LogP contribution in [0.25, 0.3) is 0 Å². The molecular weight excluding hydrogens is 645 g/mol. The standard InChI is InChI=1S/C40H72O5Si3/c1-31(21-19-23-32(2)30-43-46(13,14)38(3,4)5)22-20-24-33(37(41)42-12)25-26-34-29-35(44-47(15,16)39(6,7)8)27-28-36(34)45-48(17,18)40(9,10)11/h22-23,25,27-29H,19-21,24,26,30H2,1-18H3/b31-22+,32-23+,33-25?. The molecule has 0 heterocycles. The van der Waals surface area contributed by atoms with Crippen LogP contribution in [0.15, 0.2) is 53.1 Å². The highest BCUT2D eigenvalue weighted by molar-refractivity contribution is 6.75. The first-order valence-corrected chi connectivity index (χ1v) is 26.6. The summed E-state index contributed by atoms with van der Waals surface area (Å²) in [6.07, 6.45) is 10.5. The molecule has 1 rings (SSSR count). The first kappa shape index (κ1) is 44.1. The van der Waals surface area contributed by atoms with Crippen molar-refractivity contribution in [2.75, 3.05) is 13.7 Å². The Bertz CT molecular complexity index is 1300. The molecule has 0 spiro atoms. The molecule has 0 bridgehead atoms. The molecule has 0 aliphatic carbocycles. The van der Waals surface area contributed by atoms with Crippen LogP contribution < -0.4 is 8.85 Å². The van der Waals surface area contributed by atoms with Crippen LogP contribution in [0, 0.1) is 0 Å². The SMILES string of the molecule is COC(=O)C(=CCc1cc(O[Si](C)(C)C(C)(C)C)ccc1O[Si](C)(C)C(C)(C)C)CC/C=C(\C)CC/C=C(\C)CO[Si](C)(C)C(C)(C)C. The molecule has 0 unspecified atom stereocenters. The van der Waals surface area contributed by atoms with Crippen LogP contribution in [0.1, 0.15) is 107 Å². The topological polar surface area (TPSA) is 54.0 Å². The lowest BCUT2D eigenvalue weighted by Crippen LogP contribution is -2.44. The molecule has 1 aromatic rings. The molecule has 48 heavy (non-hydrogen) atoms. The van der Waals surface area contributed by atoms with Gasteiger partial charge < -0.3 is 18.0 Å². The molecular formula is C40H72O5Si3. The number of benzene rings is 1. The van der Waals surface area contributed by atoms with Crippen molar-refractivity contribution in [2.24, 2.45) is 0 Å². The Morgan fingerprint density at radius 3 is 1.71 bits per heavy atom. The highest BCUT2D eigenvalue weighted by Gasteiger charge is 2.41. The van der Waals surface area contributed by atoms with E-state index in [1.54, 1.807) is 0 Å². The van der Waals surface area contributed by atoms with Crippen LogP contribution in [0.3, 0.4) is 0 Å². The summed E-state index contributed by atoms with van der Waals surface area (Å²) in [5.41, 5.74) is 4.34. The molecule has 274 valence electrons. The number of methoxy groups -OCH3 is 1. The summed E-state index contributed by atoms with van der Waals surface area (Å²) < 4.78 is 25.1. The third kappa shape index (κ3) is 13.8. The minimum atomic E-state index is -2.09. The second-order valence-corrected chi connectivity index (χ2v) is 32.4. The summed E-state index contributed by atoms with van der Waals surface area (Å²) in [7, 11) is -4.41. The Balaban J connectivity index is 3.14. The van der Waals surface area contributed by atoms with E-state index in [0.717, 1.165) is 36.3 Å². The number of ether oxygens (including phenoxy) is 1. The number of hydrogen-bond donors (Lipinski definition) is 0. The van der Waals surface area contributed by atoms with Crippen LogP contribution in [-0.2, 0) is 20.4 Å². The van der Waals surface area contributed by atoms with Gasteiger partial charge in [0.25, 0.3) is 0 Å². The third-order valence-electron chi connectivity index (χ3n) is 10.8. The number of allylic oxidation sites excluding steroid dienone is 4. The molecule has 0 aliphatic rings. The van der Waals surface area contributed by atoms with Gasteiger partial charge in [0, 0.05) is 11.1 Å². The van der Waals surface area contributed by atoms with Crippen molar-refractivity contribution in [1.82, 2.24) is 0 Å². The zero-order valence-electron chi connectivity index (χ0n) is 34.2. The largest absolute Gasteiger partial charge is 0.543 e. The maximum Gasteiger partial charge on any atom is 0.333 e. The van der Waals surface area contributed by atoms with Crippen molar-refractivity contribution < 1.29 is 22.8 Å². The molecule has 0 aliphatic heterocycles. The second kappa shape index (κ2) is 17.4. The average Bonchev–Trinajstić information content (AvgIpc) is 2.92. The Hall–Kier alpha value is -1.88. The van der Waals surface area contributed by atoms with Crippen LogP contribution in [0.2, 0.25) is 54.4 Å². The van der Waals surface area contributed by atoms with Gasteiger partial charge >= 0.3 is 5.97 Å². The van der Waals surface area contributed by atoms with Crippen molar-refractivity contribution >= 4 is 30.9 Å². The fraction of sp³-hybridized carbons (Fsp3) is 0.675. The molecule has 5 nitrogen and oxygen atoms in total. The van der Waals surface area contributed by atoms with Crippen molar-refractivity contribution in [3.63, 3.8) is 0 Å². The molecule has 0 saturated carbocycles. The summed E-state index contributed by atoms with van der Waals surface area (Å²) in [5.74, 6) is 1.46. The number of carbonyl (C=O) groups is 1. The molecule has 0 atom stereocenters. The smallest absolute Gasteiger partial charge is 0.333 e. The lowest BCUT2D eigenvalue weighted by Gasteiger charge is -2.38. The Morgan fingerprint density at radius 2 is 1.19 bits per heavy atom. The fourth-order valence-electron chi connectivity index (χ4n) is 4.10. The lowest BCUT2D eigenvalue weighted by atomic mass is 10.0. The summed E-state index contributed by atoms with van der Waals surface area (Å²) in [5, 5.41) is 0.361. The number of rotatable bonds is 16. The zero-order chi connectivity index (χ0) is 37.4. The molecule has 0 amide bonds. The normalized spacial score (nSPS) is 14.7. The molecule has 1 aromatic carbocycles. The Labute approximate surface area is 299 Å². The monoisotopic (exact) mass is 716 g/mol. The van der Waals surface area contributed by atoms with E-state index in [-0.39, 0.29) is 21.1 Å². The predicted molar refractivity (Wildman–Crippen MR) is 215 cm³/mol. The van der Waals surface area contributed by atoms with E-state index in [9.17, 15) is 4.79 Å². The van der Waals surface area contributed by atoms with Crippen LogP contribution >= 0.6 is 0 Å². The van der Waals surface area contributed by atoms with E-state index >= 15 is 0 Å². The average molecular weight is 717 g/mol. The number of esters is 1. The van der Waals surface area contributed by atoms with E-state index < -0.39 is 25.0 Å². The maximum absolute atomic E-state index is 12.9. The Kier molecular flexibility index (Phi) is 16.0. The van der Waals surface area contributed by atoms with E-state index in [1.165, 1.54) is 18.3 Å². The number of hydrogen-bond acceptors (Lipinski definition) is 5. The van der Waals surface area contributed by atoms with Gasteiger partial charge in [0.2, 0.25) is 16.6 Å². The van der Waals surface area contributed by atoms with E-state index in [0.29, 0.717) is 25.0 Å². The lowest BCUT2D eigenvalue weighted by molar-refractivity contribution is -0.136. The molecule has 0 radical (unpaired) electrons. The van der Waals surface area contributed by atoms with Gasteiger partial charge in [0.05, 0.1) is 13.7 Å². The minimum absolute atomic E-state index is 0.0603. The van der Waals surface area contributed by atoms with Gasteiger partial charge in [0.15, 0.2) is 8.32 Å². The van der Waals surface area contributed by atoms with E-state index in [1.807, 2.05) is 12.1 Å². The summed E-state index contributed by atoms with van der Waals surface area (Å²) in [4.78, 5) is 12.9. The van der Waals surface area contributed by atoms with Gasteiger partial charge in [-0.1, -0.05) is 91.7 Å². The van der Waals surface area contributed by atoms with Gasteiger partial charge in [0.1, 0.15) is 11.5 Å². The van der Waals surface area contributed by atoms with Gasteiger partial charge in [-0.25, -0.2) is 4.79 Å².